The molecule has 0 unspecified atom stereocenters. The van der Waals surface area contributed by atoms with Crippen molar-refractivity contribution in [2.45, 2.75) is 0 Å². The molecule has 244 valence electrons. The van der Waals surface area contributed by atoms with Gasteiger partial charge in [0.15, 0.2) is 0 Å². The van der Waals surface area contributed by atoms with Crippen molar-refractivity contribution < 1.29 is 0 Å². The van der Waals surface area contributed by atoms with Crippen molar-refractivity contribution in [3.63, 3.8) is 0 Å². The predicted molar refractivity (Wildman–Crippen MR) is 199 cm³/mol. The summed E-state index contributed by atoms with van der Waals surface area (Å²) in [5, 5.41) is 28.8. The predicted octanol–water partition coefficient (Wildman–Crippen LogP) is 6.58. The quantitative estimate of drug-likeness (QED) is 0.0833. The SMILES string of the molecule is Nc1c[nH]nc1-c1ccc(C(=C(c2ccc(-c3n[nH]cc3N)cc2)c2ccc(-c3n[nH]cc3N)cc2)c2ccc(-c3n[nH]cc3N)cc2)cc1. The number of hydrogen-bond donors (Lipinski definition) is 8. The molecular weight excluding hydrogens is 625 g/mol. The Labute approximate surface area is 286 Å². The fraction of sp³-hybridized carbons (Fsp3) is 0. The molecule has 0 aliphatic rings. The highest BCUT2D eigenvalue weighted by Gasteiger charge is 2.19. The lowest BCUT2D eigenvalue weighted by Crippen LogP contribution is -1.99. The van der Waals surface area contributed by atoms with Crippen LogP contribution in [0, 0.1) is 0 Å². The van der Waals surface area contributed by atoms with Gasteiger partial charge in [0.1, 0.15) is 22.8 Å². The fourth-order valence-corrected chi connectivity index (χ4v) is 6.21. The van der Waals surface area contributed by atoms with Crippen LogP contribution in [-0.2, 0) is 0 Å². The molecule has 0 amide bonds. The van der Waals surface area contributed by atoms with Gasteiger partial charge < -0.3 is 22.9 Å². The summed E-state index contributed by atoms with van der Waals surface area (Å²) in [5.41, 5.74) is 39.5. The van der Waals surface area contributed by atoms with Crippen LogP contribution >= 0.6 is 0 Å². The third kappa shape index (κ3) is 5.42. The third-order valence-corrected chi connectivity index (χ3v) is 8.72. The number of aromatic nitrogens is 8. The maximum Gasteiger partial charge on any atom is 0.115 e. The van der Waals surface area contributed by atoms with E-state index in [1.54, 1.807) is 24.8 Å². The molecule has 0 radical (unpaired) electrons. The summed E-state index contributed by atoms with van der Waals surface area (Å²) in [5.74, 6) is 0. The third-order valence-electron chi connectivity index (χ3n) is 8.72. The molecular formula is C38H32N12. The van der Waals surface area contributed by atoms with Crippen molar-refractivity contribution in [3.05, 3.63) is 144 Å². The van der Waals surface area contributed by atoms with Crippen LogP contribution in [0.4, 0.5) is 22.7 Å². The molecule has 0 fully saturated rings. The van der Waals surface area contributed by atoms with Crippen molar-refractivity contribution in [3.8, 4) is 45.0 Å². The number of nitrogens with zero attached hydrogens (tertiary/aromatic N) is 4. The zero-order valence-corrected chi connectivity index (χ0v) is 26.6. The first-order valence-corrected chi connectivity index (χ1v) is 15.8. The summed E-state index contributed by atoms with van der Waals surface area (Å²) in [7, 11) is 0. The van der Waals surface area contributed by atoms with Crippen molar-refractivity contribution in [2.24, 2.45) is 0 Å². The van der Waals surface area contributed by atoms with Gasteiger partial charge in [-0.05, 0) is 33.4 Å². The normalized spacial score (nSPS) is 11.1. The molecule has 0 bridgehead atoms. The maximum absolute atomic E-state index is 6.19. The number of nitrogen functional groups attached to an aromatic ring is 4. The second-order valence-electron chi connectivity index (χ2n) is 11.8. The van der Waals surface area contributed by atoms with E-state index >= 15 is 0 Å². The molecule has 12 N–H and O–H groups in total. The molecule has 8 rings (SSSR count). The Morgan fingerprint density at radius 2 is 0.520 bits per heavy atom. The van der Waals surface area contributed by atoms with Gasteiger partial charge in [-0.1, -0.05) is 97.1 Å². The van der Waals surface area contributed by atoms with E-state index in [0.717, 1.165) is 55.7 Å². The Balaban J connectivity index is 1.34. The van der Waals surface area contributed by atoms with Gasteiger partial charge in [0.25, 0.3) is 0 Å². The highest BCUT2D eigenvalue weighted by Crippen LogP contribution is 2.40. The summed E-state index contributed by atoms with van der Waals surface area (Å²) >= 11 is 0. The minimum atomic E-state index is 0.581. The monoisotopic (exact) mass is 656 g/mol. The highest BCUT2D eigenvalue weighted by atomic mass is 15.1. The van der Waals surface area contributed by atoms with Crippen LogP contribution in [0.5, 0.6) is 0 Å². The topological polar surface area (TPSA) is 219 Å². The van der Waals surface area contributed by atoms with Gasteiger partial charge in [0.2, 0.25) is 0 Å². The van der Waals surface area contributed by atoms with Crippen LogP contribution in [0.3, 0.4) is 0 Å². The number of benzene rings is 4. The number of anilines is 4. The van der Waals surface area contributed by atoms with E-state index in [0.29, 0.717) is 45.5 Å². The van der Waals surface area contributed by atoms with Crippen molar-refractivity contribution in [1.82, 2.24) is 40.8 Å². The molecule has 0 aliphatic carbocycles. The largest absolute Gasteiger partial charge is 0.396 e. The molecule has 4 aromatic heterocycles. The van der Waals surface area contributed by atoms with Crippen LogP contribution in [0.1, 0.15) is 22.3 Å². The molecule has 0 atom stereocenters. The van der Waals surface area contributed by atoms with Crippen LogP contribution in [0.2, 0.25) is 0 Å². The average Bonchev–Trinajstić information content (AvgIpc) is 3.97. The Kier molecular flexibility index (Phi) is 7.42. The first kappa shape index (κ1) is 30.0. The zero-order chi connectivity index (χ0) is 34.2. The van der Waals surface area contributed by atoms with Gasteiger partial charge in [-0.15, -0.1) is 0 Å². The molecule has 0 saturated heterocycles. The highest BCUT2D eigenvalue weighted by molar-refractivity contribution is 6.05. The van der Waals surface area contributed by atoms with E-state index in [4.69, 9.17) is 22.9 Å². The molecule has 0 aliphatic heterocycles. The smallest absolute Gasteiger partial charge is 0.115 e. The van der Waals surface area contributed by atoms with Crippen LogP contribution in [0.25, 0.3) is 56.2 Å². The molecule has 4 heterocycles. The van der Waals surface area contributed by atoms with Gasteiger partial charge in [-0.3, -0.25) is 20.4 Å². The summed E-state index contributed by atoms with van der Waals surface area (Å²) in [4.78, 5) is 0. The van der Waals surface area contributed by atoms with Gasteiger partial charge in [-0.25, -0.2) is 0 Å². The van der Waals surface area contributed by atoms with E-state index in [1.165, 1.54) is 0 Å². The number of rotatable bonds is 8. The van der Waals surface area contributed by atoms with Gasteiger partial charge >= 0.3 is 0 Å². The van der Waals surface area contributed by atoms with Crippen molar-refractivity contribution >= 4 is 33.9 Å². The Bertz CT molecular complexity index is 2100. The molecule has 50 heavy (non-hydrogen) atoms. The summed E-state index contributed by atoms with van der Waals surface area (Å²) in [6.45, 7) is 0. The number of H-pyrrole nitrogens is 4. The van der Waals surface area contributed by atoms with E-state index < -0.39 is 0 Å². The van der Waals surface area contributed by atoms with E-state index in [2.05, 4.69) is 89.3 Å². The van der Waals surface area contributed by atoms with Crippen LogP contribution < -0.4 is 22.9 Å². The summed E-state index contributed by atoms with van der Waals surface area (Å²) in [6.07, 6.45) is 6.73. The van der Waals surface area contributed by atoms with E-state index in [9.17, 15) is 0 Å². The summed E-state index contributed by atoms with van der Waals surface area (Å²) < 4.78 is 0. The molecule has 8 aromatic rings. The van der Waals surface area contributed by atoms with Crippen molar-refractivity contribution in [2.75, 3.05) is 22.9 Å². The maximum atomic E-state index is 6.19. The minimum Gasteiger partial charge on any atom is -0.396 e. The Hall–Kier alpha value is -7.34. The fourth-order valence-electron chi connectivity index (χ4n) is 6.21. The standard InChI is InChI=1S/C38H32N12/c39-29-17-43-47-35(29)25-9-1-21(2-10-25)33(22-3-11-26(12-4-22)36-30(40)18-44-48-36)34(23-5-13-27(14-6-23)37-31(41)19-45-49-37)24-7-15-28(16-8-24)38-32(42)20-46-50-38/h1-20H,39-42H2,(H,43,47)(H,44,48)(H,45,49)(H,46,50). The second-order valence-corrected chi connectivity index (χ2v) is 11.8. The zero-order valence-electron chi connectivity index (χ0n) is 26.6. The second kappa shape index (κ2) is 12.4. The first-order chi connectivity index (χ1) is 24.4. The van der Waals surface area contributed by atoms with Gasteiger partial charge in [0, 0.05) is 47.0 Å². The number of aromatic amines is 4. The van der Waals surface area contributed by atoms with Crippen LogP contribution in [-0.4, -0.2) is 40.8 Å². The first-order valence-electron chi connectivity index (χ1n) is 15.8. The van der Waals surface area contributed by atoms with Gasteiger partial charge in [-0.2, -0.15) is 20.4 Å². The van der Waals surface area contributed by atoms with Crippen LogP contribution in [0.15, 0.2) is 122 Å². The molecule has 12 heteroatoms. The number of nitrogens with one attached hydrogen (secondary N) is 4. The lowest BCUT2D eigenvalue weighted by Gasteiger charge is -2.19. The molecule has 12 nitrogen and oxygen atoms in total. The molecule has 4 aromatic carbocycles. The van der Waals surface area contributed by atoms with E-state index in [-0.39, 0.29) is 0 Å². The lowest BCUT2D eigenvalue weighted by atomic mass is 9.84. The van der Waals surface area contributed by atoms with E-state index in [1.807, 2.05) is 48.5 Å². The summed E-state index contributed by atoms with van der Waals surface area (Å²) in [6, 6.07) is 33.0. The Morgan fingerprint density at radius 3 is 0.680 bits per heavy atom. The number of hydrogen-bond acceptors (Lipinski definition) is 8. The minimum absolute atomic E-state index is 0.581. The molecule has 0 spiro atoms. The Morgan fingerprint density at radius 1 is 0.320 bits per heavy atom. The average molecular weight is 657 g/mol. The van der Waals surface area contributed by atoms with Gasteiger partial charge in [0.05, 0.1) is 22.7 Å². The van der Waals surface area contributed by atoms with Crippen molar-refractivity contribution in [1.29, 1.82) is 0 Å². The molecule has 0 saturated carbocycles. The lowest BCUT2D eigenvalue weighted by molar-refractivity contribution is 1.09. The number of nitrogens with two attached hydrogens (primary N) is 4.